The summed E-state index contributed by atoms with van der Waals surface area (Å²) in [6.45, 7) is 4.60. The van der Waals surface area contributed by atoms with Crippen LogP contribution in [-0.4, -0.2) is 17.2 Å². The predicted molar refractivity (Wildman–Crippen MR) is 67.7 cm³/mol. The molecule has 0 aromatic heterocycles. The summed E-state index contributed by atoms with van der Waals surface area (Å²) in [6, 6.07) is 7.64. The van der Waals surface area contributed by atoms with E-state index in [1.54, 1.807) is 6.08 Å². The van der Waals surface area contributed by atoms with Gasteiger partial charge in [-0.3, -0.25) is 0 Å². The summed E-state index contributed by atoms with van der Waals surface area (Å²) in [6.07, 6.45) is 3.92. The largest absolute Gasteiger partial charge is 0.478 e. The van der Waals surface area contributed by atoms with Crippen molar-refractivity contribution in [3.63, 3.8) is 0 Å². The first-order chi connectivity index (χ1) is 8.13. The second-order valence-corrected chi connectivity index (χ2v) is 3.90. The molecule has 3 nitrogen and oxygen atoms in total. The number of carbonyl (C=O) groups is 1. The molecule has 1 unspecified atom stereocenters. The monoisotopic (exact) mass is 234 g/mol. The van der Waals surface area contributed by atoms with Gasteiger partial charge in [0.05, 0.1) is 12.7 Å². The topological polar surface area (TPSA) is 46.5 Å². The lowest BCUT2D eigenvalue weighted by Crippen LogP contribution is -2.06. The third kappa shape index (κ3) is 4.83. The lowest BCUT2D eigenvalue weighted by atomic mass is 10.1. The van der Waals surface area contributed by atoms with Gasteiger partial charge in [-0.15, -0.1) is 0 Å². The van der Waals surface area contributed by atoms with Crippen molar-refractivity contribution < 1.29 is 14.6 Å². The first-order valence-electron chi connectivity index (χ1n) is 5.74. The number of aliphatic carboxylic acids is 1. The van der Waals surface area contributed by atoms with Gasteiger partial charge in [0.25, 0.3) is 0 Å². The average molecular weight is 234 g/mol. The van der Waals surface area contributed by atoms with E-state index >= 15 is 0 Å². The molecule has 0 saturated carbocycles. The van der Waals surface area contributed by atoms with Crippen molar-refractivity contribution in [3.8, 4) is 0 Å². The van der Waals surface area contributed by atoms with Crippen molar-refractivity contribution in [2.75, 3.05) is 0 Å². The Hall–Kier alpha value is -1.61. The van der Waals surface area contributed by atoms with Crippen LogP contribution in [0.2, 0.25) is 0 Å². The van der Waals surface area contributed by atoms with Crippen LogP contribution in [0, 0.1) is 0 Å². The van der Waals surface area contributed by atoms with Gasteiger partial charge in [0.15, 0.2) is 0 Å². The first-order valence-corrected chi connectivity index (χ1v) is 5.74. The molecule has 0 amide bonds. The Morgan fingerprint density at radius 3 is 2.82 bits per heavy atom. The fourth-order valence-electron chi connectivity index (χ4n) is 1.34. The maximum atomic E-state index is 10.5. The van der Waals surface area contributed by atoms with Gasteiger partial charge in [0.1, 0.15) is 0 Å². The van der Waals surface area contributed by atoms with E-state index in [0.717, 1.165) is 23.6 Å². The van der Waals surface area contributed by atoms with E-state index in [9.17, 15) is 4.79 Å². The Morgan fingerprint density at radius 1 is 1.47 bits per heavy atom. The summed E-state index contributed by atoms with van der Waals surface area (Å²) in [4.78, 5) is 10.5. The molecule has 0 fully saturated rings. The fraction of sp³-hybridized carbons (Fsp3) is 0.357. The van der Waals surface area contributed by atoms with Crippen molar-refractivity contribution >= 4 is 12.0 Å². The molecule has 1 atom stereocenters. The third-order valence-electron chi connectivity index (χ3n) is 2.56. The maximum absolute atomic E-state index is 10.5. The van der Waals surface area contributed by atoms with Crippen molar-refractivity contribution in [1.29, 1.82) is 0 Å². The minimum absolute atomic E-state index is 0.214. The Kier molecular flexibility index (Phi) is 5.43. The summed E-state index contributed by atoms with van der Waals surface area (Å²) in [5.74, 6) is -0.942. The van der Waals surface area contributed by atoms with E-state index < -0.39 is 5.97 Å². The molecule has 1 aromatic rings. The highest BCUT2D eigenvalue weighted by atomic mass is 16.5. The zero-order chi connectivity index (χ0) is 12.7. The molecule has 0 spiro atoms. The molecule has 0 aliphatic rings. The van der Waals surface area contributed by atoms with Crippen molar-refractivity contribution in [2.24, 2.45) is 0 Å². The minimum atomic E-state index is -0.942. The van der Waals surface area contributed by atoms with Crippen LogP contribution in [0.3, 0.4) is 0 Å². The second-order valence-electron chi connectivity index (χ2n) is 3.90. The van der Waals surface area contributed by atoms with E-state index in [-0.39, 0.29) is 6.10 Å². The lowest BCUT2D eigenvalue weighted by molar-refractivity contribution is -0.131. The van der Waals surface area contributed by atoms with E-state index in [2.05, 4.69) is 6.92 Å². The standard InChI is InChI=1S/C14H18O3/c1-3-11(2)17-10-13-7-5-4-6-12(13)8-9-14(15)16/h4-9,11H,3,10H2,1-2H3,(H,15,16)/b9-8+. The summed E-state index contributed by atoms with van der Waals surface area (Å²) in [5, 5.41) is 8.60. The van der Waals surface area contributed by atoms with Crippen LogP contribution in [0.25, 0.3) is 6.08 Å². The predicted octanol–water partition coefficient (Wildman–Crippen LogP) is 3.10. The molecule has 1 aromatic carbocycles. The Labute approximate surface area is 102 Å². The summed E-state index contributed by atoms with van der Waals surface area (Å²) in [7, 11) is 0. The van der Waals surface area contributed by atoms with Gasteiger partial charge in [-0.1, -0.05) is 31.2 Å². The van der Waals surface area contributed by atoms with Crippen molar-refractivity contribution in [2.45, 2.75) is 33.0 Å². The smallest absolute Gasteiger partial charge is 0.328 e. The molecule has 17 heavy (non-hydrogen) atoms. The van der Waals surface area contributed by atoms with Gasteiger partial charge in [-0.25, -0.2) is 4.79 Å². The van der Waals surface area contributed by atoms with Crippen LogP contribution in [0.1, 0.15) is 31.4 Å². The molecule has 92 valence electrons. The summed E-state index contributed by atoms with van der Waals surface area (Å²) >= 11 is 0. The number of hydrogen-bond acceptors (Lipinski definition) is 2. The van der Waals surface area contributed by atoms with Gasteiger partial charge in [-0.2, -0.15) is 0 Å². The molecular weight excluding hydrogens is 216 g/mol. The highest BCUT2D eigenvalue weighted by Gasteiger charge is 2.02. The molecule has 3 heteroatoms. The van der Waals surface area contributed by atoms with E-state index in [4.69, 9.17) is 9.84 Å². The normalized spacial score (nSPS) is 12.8. The number of ether oxygens (including phenoxy) is 1. The van der Waals surface area contributed by atoms with Crippen LogP contribution in [-0.2, 0) is 16.1 Å². The molecule has 1 N–H and O–H groups in total. The van der Waals surface area contributed by atoms with Crippen LogP contribution >= 0.6 is 0 Å². The molecular formula is C14H18O3. The van der Waals surface area contributed by atoms with Crippen LogP contribution in [0.5, 0.6) is 0 Å². The molecule has 0 aliphatic carbocycles. The van der Waals surface area contributed by atoms with Crippen LogP contribution in [0.4, 0.5) is 0 Å². The summed E-state index contributed by atoms with van der Waals surface area (Å²) in [5.41, 5.74) is 1.89. The van der Waals surface area contributed by atoms with Gasteiger partial charge in [0, 0.05) is 6.08 Å². The van der Waals surface area contributed by atoms with E-state index in [1.807, 2.05) is 31.2 Å². The molecule has 1 rings (SSSR count). The number of benzene rings is 1. The average Bonchev–Trinajstić information content (AvgIpc) is 2.34. The van der Waals surface area contributed by atoms with Gasteiger partial charge < -0.3 is 9.84 Å². The highest BCUT2D eigenvalue weighted by molar-refractivity contribution is 5.85. The molecule has 0 saturated heterocycles. The Bertz CT molecular complexity index is 396. The van der Waals surface area contributed by atoms with Gasteiger partial charge in [0.2, 0.25) is 0 Å². The van der Waals surface area contributed by atoms with Crippen LogP contribution in [0.15, 0.2) is 30.3 Å². The number of hydrogen-bond donors (Lipinski definition) is 1. The number of carboxylic acids is 1. The fourth-order valence-corrected chi connectivity index (χ4v) is 1.34. The zero-order valence-electron chi connectivity index (χ0n) is 10.2. The number of carboxylic acid groups (broad SMARTS) is 1. The second kappa shape index (κ2) is 6.86. The molecule has 0 radical (unpaired) electrons. The van der Waals surface area contributed by atoms with Crippen LogP contribution < -0.4 is 0 Å². The van der Waals surface area contributed by atoms with E-state index in [1.165, 1.54) is 0 Å². The highest BCUT2D eigenvalue weighted by Crippen LogP contribution is 2.13. The molecule has 0 aliphatic heterocycles. The Balaban J connectivity index is 2.74. The number of rotatable bonds is 6. The Morgan fingerprint density at radius 2 is 2.18 bits per heavy atom. The summed E-state index contributed by atoms with van der Waals surface area (Å²) < 4.78 is 5.64. The molecule has 0 heterocycles. The maximum Gasteiger partial charge on any atom is 0.328 e. The quantitative estimate of drug-likeness (QED) is 0.769. The van der Waals surface area contributed by atoms with Gasteiger partial charge in [-0.05, 0) is 30.5 Å². The first kappa shape index (κ1) is 13.5. The van der Waals surface area contributed by atoms with Crippen molar-refractivity contribution in [1.82, 2.24) is 0 Å². The minimum Gasteiger partial charge on any atom is -0.478 e. The SMILES string of the molecule is CCC(C)OCc1ccccc1/C=C/C(=O)O. The lowest BCUT2D eigenvalue weighted by Gasteiger charge is -2.12. The third-order valence-corrected chi connectivity index (χ3v) is 2.56. The van der Waals surface area contributed by atoms with E-state index in [0.29, 0.717) is 6.61 Å². The molecule has 0 bridgehead atoms. The zero-order valence-corrected chi connectivity index (χ0v) is 10.2. The van der Waals surface area contributed by atoms with Gasteiger partial charge >= 0.3 is 5.97 Å². The van der Waals surface area contributed by atoms with Crippen molar-refractivity contribution in [3.05, 3.63) is 41.5 Å².